The third-order valence-electron chi connectivity index (χ3n) is 3.33. The maximum atomic E-state index is 11.0. The van der Waals surface area contributed by atoms with E-state index >= 15 is 0 Å². The van der Waals surface area contributed by atoms with Gasteiger partial charge in [-0.05, 0) is 18.6 Å². The van der Waals surface area contributed by atoms with Gasteiger partial charge >= 0.3 is 5.97 Å². The summed E-state index contributed by atoms with van der Waals surface area (Å²) in [5.74, 6) is 0.0976. The Balaban J connectivity index is 1.96. The number of hydrogen-bond donors (Lipinski definition) is 1. The minimum absolute atomic E-state index is 0.221. The molecule has 0 bridgehead atoms. The minimum Gasteiger partial charge on any atom is -0.478 e. The molecule has 0 radical (unpaired) electrons. The van der Waals surface area contributed by atoms with Gasteiger partial charge in [0.25, 0.3) is 0 Å². The van der Waals surface area contributed by atoms with Crippen LogP contribution in [0.4, 0.5) is 0 Å². The molecule has 112 valence electrons. The quantitative estimate of drug-likeness (QED) is 0.744. The van der Waals surface area contributed by atoms with E-state index in [1.54, 1.807) is 24.3 Å². The first-order chi connectivity index (χ1) is 10.2. The molecule has 0 aliphatic heterocycles. The highest BCUT2D eigenvalue weighted by molar-refractivity contribution is 5.89. The van der Waals surface area contributed by atoms with Crippen molar-refractivity contribution in [3.63, 3.8) is 0 Å². The Hall–Kier alpha value is -2.17. The summed E-state index contributed by atoms with van der Waals surface area (Å²) in [7, 11) is 0. The molecule has 1 aromatic carbocycles. The Bertz CT molecular complexity index is 593. The van der Waals surface area contributed by atoms with Crippen LogP contribution in [-0.4, -0.2) is 21.2 Å². The van der Waals surface area contributed by atoms with Crippen LogP contribution in [0.5, 0.6) is 0 Å². The van der Waals surface area contributed by atoms with Crippen LogP contribution in [0.2, 0.25) is 0 Å². The van der Waals surface area contributed by atoms with E-state index in [0.717, 1.165) is 12.8 Å². The standard InChI is InChI=1S/C16H20N2O3/c1-2-3-4-5-6-10-14-17-15(18-21-14)12-8-7-9-13(11-12)16(19)20/h7-9,11H,2-6,10H2,1H3,(H,19,20). The van der Waals surface area contributed by atoms with Crippen molar-refractivity contribution in [2.75, 3.05) is 0 Å². The number of carboxylic acids is 1. The molecule has 1 N–H and O–H groups in total. The first-order valence-corrected chi connectivity index (χ1v) is 7.37. The van der Waals surface area contributed by atoms with Crippen LogP contribution in [0.25, 0.3) is 11.4 Å². The molecule has 1 heterocycles. The molecule has 5 heteroatoms. The molecule has 0 unspecified atom stereocenters. The largest absolute Gasteiger partial charge is 0.478 e. The van der Waals surface area contributed by atoms with Crippen LogP contribution >= 0.6 is 0 Å². The number of carbonyl (C=O) groups is 1. The number of aromatic nitrogens is 2. The summed E-state index contributed by atoms with van der Waals surface area (Å²) in [5.41, 5.74) is 0.884. The molecule has 0 amide bonds. The van der Waals surface area contributed by atoms with Crippen molar-refractivity contribution in [2.24, 2.45) is 0 Å². The Morgan fingerprint density at radius 1 is 1.24 bits per heavy atom. The van der Waals surface area contributed by atoms with Crippen LogP contribution in [0.15, 0.2) is 28.8 Å². The van der Waals surface area contributed by atoms with Gasteiger partial charge in [-0.15, -0.1) is 0 Å². The average Bonchev–Trinajstić information content (AvgIpc) is 2.96. The van der Waals surface area contributed by atoms with Crippen LogP contribution in [0.3, 0.4) is 0 Å². The summed E-state index contributed by atoms with van der Waals surface area (Å²) in [5, 5.41) is 12.9. The summed E-state index contributed by atoms with van der Waals surface area (Å²) >= 11 is 0. The van der Waals surface area contributed by atoms with E-state index in [1.807, 2.05) is 0 Å². The lowest BCUT2D eigenvalue weighted by atomic mass is 10.1. The summed E-state index contributed by atoms with van der Waals surface area (Å²) in [6.45, 7) is 2.19. The fraction of sp³-hybridized carbons (Fsp3) is 0.438. The minimum atomic E-state index is -0.962. The Labute approximate surface area is 124 Å². The Kier molecular flexibility index (Phi) is 5.49. The van der Waals surface area contributed by atoms with E-state index in [2.05, 4.69) is 17.1 Å². The summed E-state index contributed by atoms with van der Waals surface area (Å²) < 4.78 is 5.22. The number of aryl methyl sites for hydroxylation is 1. The molecule has 0 saturated heterocycles. The highest BCUT2D eigenvalue weighted by Gasteiger charge is 2.10. The molecule has 21 heavy (non-hydrogen) atoms. The van der Waals surface area contributed by atoms with Gasteiger partial charge in [0, 0.05) is 12.0 Å². The SMILES string of the molecule is CCCCCCCc1nc(-c2cccc(C(=O)O)c2)no1. The van der Waals surface area contributed by atoms with Crippen LogP contribution in [0, 0.1) is 0 Å². The molecule has 0 atom stereocenters. The van der Waals surface area contributed by atoms with E-state index in [-0.39, 0.29) is 5.56 Å². The lowest BCUT2D eigenvalue weighted by molar-refractivity contribution is 0.0697. The monoisotopic (exact) mass is 288 g/mol. The second-order valence-electron chi connectivity index (χ2n) is 5.06. The van der Waals surface area contributed by atoms with Gasteiger partial charge in [-0.25, -0.2) is 4.79 Å². The maximum Gasteiger partial charge on any atom is 0.335 e. The first kappa shape index (κ1) is 15.2. The van der Waals surface area contributed by atoms with Gasteiger partial charge in [0.05, 0.1) is 5.56 Å². The highest BCUT2D eigenvalue weighted by atomic mass is 16.5. The topological polar surface area (TPSA) is 76.2 Å². The number of nitrogens with zero attached hydrogens (tertiary/aromatic N) is 2. The Morgan fingerprint density at radius 3 is 2.81 bits per heavy atom. The molecule has 1 aromatic heterocycles. The summed E-state index contributed by atoms with van der Waals surface area (Å²) in [4.78, 5) is 15.3. The second kappa shape index (κ2) is 7.57. The number of hydrogen-bond acceptors (Lipinski definition) is 4. The lowest BCUT2D eigenvalue weighted by Crippen LogP contribution is -1.96. The number of benzene rings is 1. The predicted octanol–water partition coefficient (Wildman–Crippen LogP) is 3.95. The molecule has 5 nitrogen and oxygen atoms in total. The highest BCUT2D eigenvalue weighted by Crippen LogP contribution is 2.18. The van der Waals surface area contributed by atoms with Crippen molar-refractivity contribution in [1.29, 1.82) is 0 Å². The van der Waals surface area contributed by atoms with Gasteiger partial charge in [0.1, 0.15) is 0 Å². The van der Waals surface area contributed by atoms with Crippen LogP contribution in [0.1, 0.15) is 55.3 Å². The van der Waals surface area contributed by atoms with Crippen molar-refractivity contribution in [3.8, 4) is 11.4 Å². The number of rotatable bonds is 8. The normalized spacial score (nSPS) is 10.7. The van der Waals surface area contributed by atoms with Crippen molar-refractivity contribution in [1.82, 2.24) is 10.1 Å². The molecular formula is C16H20N2O3. The van der Waals surface area contributed by atoms with Gasteiger partial charge in [-0.2, -0.15) is 4.98 Å². The van der Waals surface area contributed by atoms with Crippen molar-refractivity contribution < 1.29 is 14.4 Å². The number of carboxylic acid groups (broad SMARTS) is 1. The van der Waals surface area contributed by atoms with Gasteiger partial charge in [0.2, 0.25) is 11.7 Å². The molecule has 0 aliphatic rings. The van der Waals surface area contributed by atoms with Crippen molar-refractivity contribution in [3.05, 3.63) is 35.7 Å². The molecule has 0 spiro atoms. The first-order valence-electron chi connectivity index (χ1n) is 7.37. The van der Waals surface area contributed by atoms with Gasteiger partial charge in [-0.1, -0.05) is 49.9 Å². The van der Waals surface area contributed by atoms with Crippen molar-refractivity contribution in [2.45, 2.75) is 45.4 Å². The van der Waals surface area contributed by atoms with Gasteiger partial charge in [-0.3, -0.25) is 0 Å². The smallest absolute Gasteiger partial charge is 0.335 e. The van der Waals surface area contributed by atoms with Crippen LogP contribution in [-0.2, 0) is 6.42 Å². The fourth-order valence-corrected chi connectivity index (χ4v) is 2.14. The lowest BCUT2D eigenvalue weighted by Gasteiger charge is -1.97. The summed E-state index contributed by atoms with van der Waals surface area (Å²) in [6.07, 6.45) is 6.70. The van der Waals surface area contributed by atoms with E-state index in [0.29, 0.717) is 17.3 Å². The zero-order valence-electron chi connectivity index (χ0n) is 12.2. The number of aromatic carboxylic acids is 1. The number of unbranched alkanes of at least 4 members (excludes halogenated alkanes) is 4. The predicted molar refractivity (Wildman–Crippen MR) is 79.2 cm³/mol. The Morgan fingerprint density at radius 2 is 2.05 bits per heavy atom. The zero-order valence-corrected chi connectivity index (χ0v) is 12.2. The third kappa shape index (κ3) is 4.41. The molecular weight excluding hydrogens is 268 g/mol. The van der Waals surface area contributed by atoms with E-state index in [9.17, 15) is 4.79 Å². The van der Waals surface area contributed by atoms with Gasteiger partial charge in [0.15, 0.2) is 0 Å². The molecule has 2 aromatic rings. The maximum absolute atomic E-state index is 11.0. The molecule has 0 fully saturated rings. The van der Waals surface area contributed by atoms with E-state index in [4.69, 9.17) is 9.63 Å². The average molecular weight is 288 g/mol. The van der Waals surface area contributed by atoms with E-state index < -0.39 is 5.97 Å². The molecule has 0 saturated carbocycles. The van der Waals surface area contributed by atoms with Crippen molar-refractivity contribution >= 4 is 5.97 Å². The van der Waals surface area contributed by atoms with Gasteiger partial charge < -0.3 is 9.63 Å². The molecule has 0 aliphatic carbocycles. The van der Waals surface area contributed by atoms with Crippen LogP contribution < -0.4 is 0 Å². The second-order valence-corrected chi connectivity index (χ2v) is 5.06. The molecule has 2 rings (SSSR count). The summed E-state index contributed by atoms with van der Waals surface area (Å²) in [6, 6.07) is 6.56. The fourth-order valence-electron chi connectivity index (χ4n) is 2.14. The van der Waals surface area contributed by atoms with E-state index in [1.165, 1.54) is 25.7 Å². The third-order valence-corrected chi connectivity index (χ3v) is 3.33. The zero-order chi connectivity index (χ0) is 15.1.